The normalized spacial score (nSPS) is 13.9. The Morgan fingerprint density at radius 3 is 2.96 bits per heavy atom. The zero-order valence-corrected chi connectivity index (χ0v) is 15.0. The molecule has 0 amide bonds. The summed E-state index contributed by atoms with van der Waals surface area (Å²) in [7, 11) is 0. The highest BCUT2D eigenvalue weighted by molar-refractivity contribution is 5.96. The first-order valence-electron chi connectivity index (χ1n) is 9.25. The molecule has 1 aliphatic carbocycles. The van der Waals surface area contributed by atoms with Gasteiger partial charge in [-0.1, -0.05) is 13.0 Å². The van der Waals surface area contributed by atoms with Crippen molar-refractivity contribution in [1.29, 1.82) is 0 Å². The fourth-order valence-corrected chi connectivity index (χ4v) is 3.23. The highest BCUT2D eigenvalue weighted by atomic mass is 16.1. The number of aromatic amines is 1. The van der Waals surface area contributed by atoms with Gasteiger partial charge in [0.25, 0.3) is 0 Å². The van der Waals surface area contributed by atoms with Crippen molar-refractivity contribution >= 4 is 22.5 Å². The van der Waals surface area contributed by atoms with Crippen LogP contribution in [0.2, 0.25) is 0 Å². The molecule has 134 valence electrons. The van der Waals surface area contributed by atoms with Gasteiger partial charge < -0.3 is 4.90 Å². The summed E-state index contributed by atoms with van der Waals surface area (Å²) in [4.78, 5) is 23.6. The highest BCUT2D eigenvalue weighted by Crippen LogP contribution is 2.31. The molecule has 0 saturated heterocycles. The van der Waals surface area contributed by atoms with Gasteiger partial charge in [-0.05, 0) is 42.9 Å². The van der Waals surface area contributed by atoms with Crippen LogP contribution in [0, 0.1) is 5.92 Å². The first-order chi connectivity index (χ1) is 12.7. The van der Waals surface area contributed by atoms with Gasteiger partial charge in [0.05, 0.1) is 11.7 Å². The summed E-state index contributed by atoms with van der Waals surface area (Å²) in [5.41, 5.74) is 2.42. The summed E-state index contributed by atoms with van der Waals surface area (Å²) in [6.45, 7) is 4.15. The average Bonchev–Trinajstić information content (AvgIpc) is 3.35. The van der Waals surface area contributed by atoms with Gasteiger partial charge in [-0.15, -0.1) is 0 Å². The van der Waals surface area contributed by atoms with Crippen molar-refractivity contribution in [2.45, 2.75) is 32.6 Å². The van der Waals surface area contributed by atoms with Gasteiger partial charge in [0.15, 0.2) is 5.78 Å². The van der Waals surface area contributed by atoms with Gasteiger partial charge in [0, 0.05) is 31.0 Å². The van der Waals surface area contributed by atoms with E-state index in [1.165, 1.54) is 19.2 Å². The van der Waals surface area contributed by atoms with Gasteiger partial charge in [-0.25, -0.2) is 9.97 Å². The number of aromatic nitrogens is 4. The van der Waals surface area contributed by atoms with E-state index in [2.05, 4.69) is 32.0 Å². The molecule has 1 aromatic carbocycles. The van der Waals surface area contributed by atoms with E-state index in [1.54, 1.807) is 6.20 Å². The summed E-state index contributed by atoms with van der Waals surface area (Å²) in [5, 5.41) is 7.96. The zero-order chi connectivity index (χ0) is 17.9. The molecule has 1 saturated carbocycles. The number of Topliss-reactive ketones (excluding diaryl/α,β-unsaturated/α-hetero) is 1. The van der Waals surface area contributed by atoms with Crippen LogP contribution >= 0.6 is 0 Å². The number of nitrogens with zero attached hydrogens (tertiary/aromatic N) is 4. The maximum Gasteiger partial charge on any atom is 0.185 e. The third kappa shape index (κ3) is 3.74. The standard InChI is InChI=1S/C20H23N5O/c1-2-7-25(12-14-3-4-14)20-10-18(21-13-22-20)19(26)9-15-5-6-17-16(8-15)11-23-24-17/h5-6,8,10-11,13-14H,2-4,7,9,12H2,1H3,(H,23,24). The molecule has 0 unspecified atom stereocenters. The van der Waals surface area contributed by atoms with Crippen molar-refractivity contribution in [3.05, 3.63) is 48.0 Å². The first-order valence-corrected chi connectivity index (χ1v) is 9.25. The van der Waals surface area contributed by atoms with Gasteiger partial charge in [-0.2, -0.15) is 5.10 Å². The molecule has 6 nitrogen and oxygen atoms in total. The largest absolute Gasteiger partial charge is 0.356 e. The monoisotopic (exact) mass is 349 g/mol. The minimum absolute atomic E-state index is 0.0133. The summed E-state index contributed by atoms with van der Waals surface area (Å²) in [6, 6.07) is 7.75. The zero-order valence-electron chi connectivity index (χ0n) is 15.0. The number of fused-ring (bicyclic) bond motifs is 1. The molecule has 0 atom stereocenters. The van der Waals surface area contributed by atoms with Crippen molar-refractivity contribution in [1.82, 2.24) is 20.2 Å². The molecule has 6 heteroatoms. The Kier molecular flexibility index (Phi) is 4.65. The number of hydrogen-bond acceptors (Lipinski definition) is 5. The number of benzene rings is 1. The lowest BCUT2D eigenvalue weighted by molar-refractivity contribution is 0.0988. The molecule has 1 N–H and O–H groups in total. The molecule has 0 aliphatic heterocycles. The van der Waals surface area contributed by atoms with Gasteiger partial charge in [0.1, 0.15) is 17.8 Å². The van der Waals surface area contributed by atoms with Crippen molar-refractivity contribution in [3.8, 4) is 0 Å². The second kappa shape index (κ2) is 7.23. The second-order valence-electron chi connectivity index (χ2n) is 7.04. The molecule has 2 heterocycles. The third-order valence-corrected chi connectivity index (χ3v) is 4.80. The second-order valence-corrected chi connectivity index (χ2v) is 7.04. The number of nitrogens with one attached hydrogen (secondary N) is 1. The Balaban J connectivity index is 1.51. The lowest BCUT2D eigenvalue weighted by atomic mass is 10.1. The Morgan fingerprint density at radius 1 is 1.27 bits per heavy atom. The number of H-pyrrole nitrogens is 1. The lowest BCUT2D eigenvalue weighted by Gasteiger charge is -2.23. The topological polar surface area (TPSA) is 74.8 Å². The van der Waals surface area contributed by atoms with E-state index < -0.39 is 0 Å². The predicted molar refractivity (Wildman–Crippen MR) is 101 cm³/mol. The third-order valence-electron chi connectivity index (χ3n) is 4.80. The molecule has 1 fully saturated rings. The number of rotatable bonds is 8. The van der Waals surface area contributed by atoms with E-state index in [1.807, 2.05) is 24.3 Å². The fourth-order valence-electron chi connectivity index (χ4n) is 3.23. The van der Waals surface area contributed by atoms with E-state index in [4.69, 9.17) is 0 Å². The molecule has 0 radical (unpaired) electrons. The van der Waals surface area contributed by atoms with Crippen molar-refractivity contribution in [2.24, 2.45) is 5.92 Å². The smallest absolute Gasteiger partial charge is 0.185 e. The Hall–Kier alpha value is -2.76. The van der Waals surface area contributed by atoms with Gasteiger partial charge >= 0.3 is 0 Å². The van der Waals surface area contributed by atoms with Crippen LogP contribution in [0.5, 0.6) is 0 Å². The van der Waals surface area contributed by atoms with Gasteiger partial charge in [0.2, 0.25) is 0 Å². The van der Waals surface area contributed by atoms with Crippen LogP contribution in [0.25, 0.3) is 10.9 Å². The fraction of sp³-hybridized carbons (Fsp3) is 0.400. The van der Waals surface area contributed by atoms with E-state index in [-0.39, 0.29) is 5.78 Å². The van der Waals surface area contributed by atoms with Crippen LogP contribution in [-0.2, 0) is 6.42 Å². The minimum atomic E-state index is 0.0133. The molecular formula is C20H23N5O. The highest BCUT2D eigenvalue weighted by Gasteiger charge is 2.25. The lowest BCUT2D eigenvalue weighted by Crippen LogP contribution is -2.27. The minimum Gasteiger partial charge on any atom is -0.356 e. The Bertz CT molecular complexity index is 915. The van der Waals surface area contributed by atoms with Crippen molar-refractivity contribution < 1.29 is 4.79 Å². The molecule has 0 spiro atoms. The van der Waals surface area contributed by atoms with Crippen LogP contribution in [0.3, 0.4) is 0 Å². The molecule has 4 rings (SSSR count). The molecule has 3 aromatic rings. The average molecular weight is 349 g/mol. The molecule has 0 bridgehead atoms. The predicted octanol–water partition coefficient (Wildman–Crippen LogP) is 3.40. The van der Waals surface area contributed by atoms with E-state index >= 15 is 0 Å². The van der Waals surface area contributed by atoms with Crippen molar-refractivity contribution in [3.63, 3.8) is 0 Å². The summed E-state index contributed by atoms with van der Waals surface area (Å²) in [6.07, 6.45) is 7.27. The van der Waals surface area contributed by atoms with Gasteiger partial charge in [-0.3, -0.25) is 9.89 Å². The molecule has 2 aromatic heterocycles. The number of ketones is 1. The maximum absolute atomic E-state index is 12.7. The van der Waals surface area contributed by atoms with Crippen molar-refractivity contribution in [2.75, 3.05) is 18.0 Å². The number of hydrogen-bond donors (Lipinski definition) is 1. The van der Waals surface area contributed by atoms with E-state index in [0.717, 1.165) is 47.7 Å². The van der Waals surface area contributed by atoms with E-state index in [9.17, 15) is 4.79 Å². The number of anilines is 1. The van der Waals surface area contributed by atoms with E-state index in [0.29, 0.717) is 12.1 Å². The summed E-state index contributed by atoms with van der Waals surface area (Å²) < 4.78 is 0. The SMILES string of the molecule is CCCN(CC1CC1)c1cc(C(=O)Cc2ccc3[nH]ncc3c2)ncn1. The maximum atomic E-state index is 12.7. The van der Waals surface area contributed by atoms with Crippen LogP contribution in [0.4, 0.5) is 5.82 Å². The first kappa shape index (κ1) is 16.7. The molecule has 26 heavy (non-hydrogen) atoms. The number of carbonyl (C=O) groups is 1. The summed E-state index contributed by atoms with van der Waals surface area (Å²) in [5.74, 6) is 1.65. The number of carbonyl (C=O) groups excluding carboxylic acids is 1. The molecule has 1 aliphatic rings. The molecular weight excluding hydrogens is 326 g/mol. The quantitative estimate of drug-likeness (QED) is 0.631. The van der Waals surface area contributed by atoms with Crippen LogP contribution in [0.15, 0.2) is 36.8 Å². The Labute approximate surface area is 152 Å². The Morgan fingerprint density at radius 2 is 2.15 bits per heavy atom. The van der Waals surface area contributed by atoms with Crippen LogP contribution in [-0.4, -0.2) is 39.0 Å². The summed E-state index contributed by atoms with van der Waals surface area (Å²) >= 11 is 0. The van der Waals surface area contributed by atoms with Crippen LogP contribution in [0.1, 0.15) is 42.2 Å². The van der Waals surface area contributed by atoms with Crippen LogP contribution < -0.4 is 4.90 Å².